The van der Waals surface area contributed by atoms with Gasteiger partial charge in [-0.3, -0.25) is 0 Å². The van der Waals surface area contributed by atoms with Crippen LogP contribution in [-0.2, 0) is 0 Å². The van der Waals surface area contributed by atoms with Gasteiger partial charge in [0.2, 0.25) is 0 Å². The van der Waals surface area contributed by atoms with Gasteiger partial charge in [-0.25, -0.2) is 4.79 Å². The van der Waals surface area contributed by atoms with Gasteiger partial charge < -0.3 is 15.7 Å². The van der Waals surface area contributed by atoms with Crippen LogP contribution in [-0.4, -0.2) is 24.3 Å². The van der Waals surface area contributed by atoms with Crippen molar-refractivity contribution in [3.05, 3.63) is 28.2 Å². The lowest BCUT2D eigenvalue weighted by molar-refractivity contribution is 0.249. The van der Waals surface area contributed by atoms with Gasteiger partial charge in [0, 0.05) is 23.3 Å². The number of urea groups is 1. The summed E-state index contributed by atoms with van der Waals surface area (Å²) in [5.41, 5.74) is 1.77. The van der Waals surface area contributed by atoms with Gasteiger partial charge in [-0.1, -0.05) is 22.0 Å². The summed E-state index contributed by atoms with van der Waals surface area (Å²) >= 11 is 3.35. The van der Waals surface area contributed by atoms with Gasteiger partial charge in [0.15, 0.2) is 0 Å². The van der Waals surface area contributed by atoms with Crippen molar-refractivity contribution in [2.45, 2.75) is 13.3 Å². The smallest absolute Gasteiger partial charge is 0.319 e. The molecule has 0 unspecified atom stereocenters. The summed E-state index contributed by atoms with van der Waals surface area (Å²) < 4.78 is 0.920. The van der Waals surface area contributed by atoms with Crippen molar-refractivity contribution >= 4 is 27.6 Å². The molecule has 0 aliphatic heterocycles. The number of anilines is 1. The Kier molecular flexibility index (Phi) is 5.28. The molecule has 0 radical (unpaired) electrons. The van der Waals surface area contributed by atoms with Gasteiger partial charge >= 0.3 is 6.03 Å². The summed E-state index contributed by atoms with van der Waals surface area (Å²) in [5, 5.41) is 14.0. The highest BCUT2D eigenvalue weighted by Gasteiger charge is 2.03. The van der Waals surface area contributed by atoms with Crippen molar-refractivity contribution in [1.29, 1.82) is 0 Å². The Morgan fingerprint density at radius 1 is 1.50 bits per heavy atom. The SMILES string of the molecule is Cc1ccc(Br)cc1NC(=O)NCCCO. The van der Waals surface area contributed by atoms with E-state index in [2.05, 4.69) is 26.6 Å². The Balaban J connectivity index is 2.52. The largest absolute Gasteiger partial charge is 0.396 e. The second kappa shape index (κ2) is 6.50. The predicted octanol–water partition coefficient (Wildman–Crippen LogP) is 2.26. The van der Waals surface area contributed by atoms with Crippen LogP contribution >= 0.6 is 15.9 Å². The number of carbonyl (C=O) groups excluding carboxylic acids is 1. The fourth-order valence-corrected chi connectivity index (χ4v) is 1.54. The van der Waals surface area contributed by atoms with Crippen molar-refractivity contribution in [3.63, 3.8) is 0 Å². The number of rotatable bonds is 4. The molecule has 0 heterocycles. The standard InChI is InChI=1S/C11H15BrN2O2/c1-8-3-4-9(12)7-10(8)14-11(16)13-5-2-6-15/h3-4,7,15H,2,5-6H2,1H3,(H2,13,14,16). The number of nitrogens with one attached hydrogen (secondary N) is 2. The van der Waals surface area contributed by atoms with Gasteiger partial charge in [0.05, 0.1) is 0 Å². The fraction of sp³-hybridized carbons (Fsp3) is 0.364. The molecule has 1 aromatic carbocycles. The van der Waals surface area contributed by atoms with E-state index in [1.165, 1.54) is 0 Å². The Morgan fingerprint density at radius 2 is 2.25 bits per heavy atom. The molecule has 0 atom stereocenters. The molecule has 16 heavy (non-hydrogen) atoms. The van der Waals surface area contributed by atoms with Crippen LogP contribution in [0.3, 0.4) is 0 Å². The molecule has 0 bridgehead atoms. The average molecular weight is 287 g/mol. The first kappa shape index (κ1) is 13.0. The van der Waals surface area contributed by atoms with Crippen molar-refractivity contribution in [3.8, 4) is 0 Å². The van der Waals surface area contributed by atoms with Crippen molar-refractivity contribution < 1.29 is 9.90 Å². The van der Waals surface area contributed by atoms with Crippen LogP contribution in [0.1, 0.15) is 12.0 Å². The van der Waals surface area contributed by atoms with E-state index < -0.39 is 0 Å². The van der Waals surface area contributed by atoms with Crippen LogP contribution in [0.15, 0.2) is 22.7 Å². The maximum absolute atomic E-state index is 11.4. The minimum absolute atomic E-state index is 0.0796. The molecule has 3 N–H and O–H groups in total. The van der Waals surface area contributed by atoms with Crippen molar-refractivity contribution in [2.75, 3.05) is 18.5 Å². The minimum atomic E-state index is -0.255. The van der Waals surface area contributed by atoms with Crippen LogP contribution < -0.4 is 10.6 Å². The highest BCUT2D eigenvalue weighted by atomic mass is 79.9. The normalized spacial score (nSPS) is 9.94. The Morgan fingerprint density at radius 3 is 2.94 bits per heavy atom. The molecule has 0 fully saturated rings. The molecule has 0 saturated heterocycles. The zero-order valence-electron chi connectivity index (χ0n) is 9.09. The first-order valence-corrected chi connectivity index (χ1v) is 5.84. The maximum atomic E-state index is 11.4. The van der Waals surface area contributed by atoms with Gasteiger partial charge in [-0.05, 0) is 31.0 Å². The lowest BCUT2D eigenvalue weighted by Crippen LogP contribution is -2.30. The molecule has 1 aromatic rings. The van der Waals surface area contributed by atoms with E-state index in [1.807, 2.05) is 25.1 Å². The lowest BCUT2D eigenvalue weighted by atomic mass is 10.2. The molecular weight excluding hydrogens is 272 g/mol. The summed E-state index contributed by atoms with van der Waals surface area (Å²) in [7, 11) is 0. The van der Waals surface area contributed by atoms with Crippen molar-refractivity contribution in [1.82, 2.24) is 5.32 Å². The molecule has 0 aliphatic carbocycles. The lowest BCUT2D eigenvalue weighted by Gasteiger charge is -2.09. The van der Waals surface area contributed by atoms with E-state index in [0.29, 0.717) is 13.0 Å². The van der Waals surface area contributed by atoms with E-state index in [9.17, 15) is 4.79 Å². The van der Waals surface area contributed by atoms with E-state index in [-0.39, 0.29) is 12.6 Å². The van der Waals surface area contributed by atoms with Gasteiger partial charge in [0.1, 0.15) is 0 Å². The monoisotopic (exact) mass is 286 g/mol. The number of halogens is 1. The van der Waals surface area contributed by atoms with Crippen LogP contribution in [0.2, 0.25) is 0 Å². The summed E-state index contributed by atoms with van der Waals surface area (Å²) in [4.78, 5) is 11.4. The summed E-state index contributed by atoms with van der Waals surface area (Å²) in [6, 6.07) is 5.44. The summed E-state index contributed by atoms with van der Waals surface area (Å²) in [5.74, 6) is 0. The molecule has 0 spiro atoms. The number of hydrogen-bond donors (Lipinski definition) is 3. The number of aliphatic hydroxyl groups excluding tert-OH is 1. The molecule has 1 rings (SSSR count). The van der Waals surface area contributed by atoms with Crippen LogP contribution in [0.5, 0.6) is 0 Å². The first-order valence-electron chi connectivity index (χ1n) is 5.05. The number of aryl methyl sites for hydroxylation is 1. The number of amides is 2. The molecule has 5 heteroatoms. The summed E-state index contributed by atoms with van der Waals surface area (Å²) in [6.45, 7) is 2.47. The fourth-order valence-electron chi connectivity index (χ4n) is 1.18. The third-order valence-corrected chi connectivity index (χ3v) is 2.56. The third-order valence-electron chi connectivity index (χ3n) is 2.07. The minimum Gasteiger partial charge on any atom is -0.396 e. The van der Waals surface area contributed by atoms with Gasteiger partial charge in [0.25, 0.3) is 0 Å². The number of hydrogen-bond acceptors (Lipinski definition) is 2. The number of benzene rings is 1. The third kappa shape index (κ3) is 4.20. The maximum Gasteiger partial charge on any atom is 0.319 e. The number of aliphatic hydroxyl groups is 1. The van der Waals surface area contributed by atoms with Crippen molar-refractivity contribution in [2.24, 2.45) is 0 Å². The van der Waals surface area contributed by atoms with Gasteiger partial charge in [-0.15, -0.1) is 0 Å². The number of carbonyl (C=O) groups is 1. The Bertz CT molecular complexity index is 369. The van der Waals surface area contributed by atoms with E-state index in [1.54, 1.807) is 0 Å². The predicted molar refractivity (Wildman–Crippen MR) is 67.6 cm³/mol. The second-order valence-electron chi connectivity index (χ2n) is 3.42. The highest BCUT2D eigenvalue weighted by molar-refractivity contribution is 9.10. The van der Waals surface area contributed by atoms with Crippen LogP contribution in [0.25, 0.3) is 0 Å². The topological polar surface area (TPSA) is 61.4 Å². The molecular formula is C11H15BrN2O2. The molecule has 2 amide bonds. The molecule has 88 valence electrons. The van der Waals surface area contributed by atoms with E-state index in [0.717, 1.165) is 15.7 Å². The zero-order valence-corrected chi connectivity index (χ0v) is 10.7. The molecule has 0 aliphatic rings. The average Bonchev–Trinajstić information content (AvgIpc) is 2.24. The highest BCUT2D eigenvalue weighted by Crippen LogP contribution is 2.20. The van der Waals surface area contributed by atoms with E-state index >= 15 is 0 Å². The van der Waals surface area contributed by atoms with Crippen LogP contribution in [0.4, 0.5) is 10.5 Å². The molecule has 0 saturated carbocycles. The Labute approximate surface area is 103 Å². The molecule has 4 nitrogen and oxygen atoms in total. The zero-order chi connectivity index (χ0) is 12.0. The first-order chi connectivity index (χ1) is 7.63. The quantitative estimate of drug-likeness (QED) is 0.744. The second-order valence-corrected chi connectivity index (χ2v) is 4.33. The Hall–Kier alpha value is -1.07. The van der Waals surface area contributed by atoms with Gasteiger partial charge in [-0.2, -0.15) is 0 Å². The molecule has 0 aromatic heterocycles. The summed E-state index contributed by atoms with van der Waals surface area (Å²) in [6.07, 6.45) is 0.560. The van der Waals surface area contributed by atoms with E-state index in [4.69, 9.17) is 5.11 Å². The van der Waals surface area contributed by atoms with Crippen LogP contribution in [0, 0.1) is 6.92 Å².